The average molecular weight is 559 g/mol. The van der Waals surface area contributed by atoms with E-state index in [1.807, 2.05) is 36.1 Å². The summed E-state index contributed by atoms with van der Waals surface area (Å²) in [6, 6.07) is 7.67. The van der Waals surface area contributed by atoms with Gasteiger partial charge < -0.3 is 24.6 Å². The number of amides is 1. The first-order valence-corrected chi connectivity index (χ1v) is 11.4. The molecule has 2 aliphatic heterocycles. The highest BCUT2D eigenvalue weighted by atomic mass is 127. The minimum absolute atomic E-state index is 0. The van der Waals surface area contributed by atoms with E-state index in [1.54, 1.807) is 14.2 Å². The van der Waals surface area contributed by atoms with Gasteiger partial charge in [-0.15, -0.1) is 24.0 Å². The molecule has 8 nitrogen and oxygen atoms in total. The van der Waals surface area contributed by atoms with Crippen molar-refractivity contribution in [2.24, 2.45) is 4.99 Å². The first-order chi connectivity index (χ1) is 15.1. The molecule has 0 saturated carbocycles. The predicted molar refractivity (Wildman–Crippen MR) is 138 cm³/mol. The lowest BCUT2D eigenvalue weighted by molar-refractivity contribution is -0.133. The van der Waals surface area contributed by atoms with E-state index in [-0.39, 0.29) is 36.0 Å². The zero-order chi connectivity index (χ0) is 22.1. The van der Waals surface area contributed by atoms with E-state index in [0.29, 0.717) is 13.1 Å². The molecule has 1 aromatic carbocycles. The third-order valence-corrected chi connectivity index (χ3v) is 5.90. The summed E-state index contributed by atoms with van der Waals surface area (Å²) in [5, 5.41) is 3.42. The van der Waals surface area contributed by atoms with Gasteiger partial charge in [0.25, 0.3) is 0 Å². The van der Waals surface area contributed by atoms with Crippen LogP contribution in [-0.2, 0) is 4.79 Å². The molecule has 2 saturated heterocycles. The SMILES string of the molecule is CN=C(NCC(C)Oc1ccccc1OC)N1CCN(CC(=O)N2CCCCC2)CC1.I. The Hall–Kier alpha value is -1.75. The van der Waals surface area contributed by atoms with Crippen LogP contribution in [0.3, 0.4) is 0 Å². The first kappa shape index (κ1) is 26.5. The second-order valence-corrected chi connectivity index (χ2v) is 8.21. The van der Waals surface area contributed by atoms with Gasteiger partial charge in [0.2, 0.25) is 5.91 Å². The second kappa shape index (κ2) is 13.7. The molecule has 0 bridgehead atoms. The van der Waals surface area contributed by atoms with Gasteiger partial charge in [-0.1, -0.05) is 12.1 Å². The first-order valence-electron chi connectivity index (χ1n) is 11.4. The maximum atomic E-state index is 12.5. The van der Waals surface area contributed by atoms with E-state index in [2.05, 4.69) is 20.1 Å². The van der Waals surface area contributed by atoms with Crippen molar-refractivity contribution in [2.75, 3.05) is 66.5 Å². The molecular weight excluding hydrogens is 521 g/mol. The minimum atomic E-state index is -0.0449. The van der Waals surface area contributed by atoms with Gasteiger partial charge in [0.1, 0.15) is 6.10 Å². The van der Waals surface area contributed by atoms with Crippen LogP contribution in [0, 0.1) is 0 Å². The summed E-state index contributed by atoms with van der Waals surface area (Å²) in [6.07, 6.45) is 3.48. The molecule has 3 rings (SSSR count). The van der Waals surface area contributed by atoms with Crippen LogP contribution in [0.15, 0.2) is 29.3 Å². The number of nitrogens with one attached hydrogen (secondary N) is 1. The minimum Gasteiger partial charge on any atom is -0.493 e. The maximum absolute atomic E-state index is 12.5. The highest BCUT2D eigenvalue weighted by Crippen LogP contribution is 2.26. The van der Waals surface area contributed by atoms with Crippen molar-refractivity contribution in [2.45, 2.75) is 32.3 Å². The smallest absolute Gasteiger partial charge is 0.236 e. The lowest BCUT2D eigenvalue weighted by Crippen LogP contribution is -2.55. The summed E-state index contributed by atoms with van der Waals surface area (Å²) in [7, 11) is 3.45. The number of guanidine groups is 1. The molecular formula is C23H38IN5O3. The molecule has 0 aliphatic carbocycles. The number of aliphatic imine (C=N–C) groups is 1. The molecule has 0 radical (unpaired) electrons. The molecule has 9 heteroatoms. The van der Waals surface area contributed by atoms with Gasteiger partial charge in [-0.2, -0.15) is 0 Å². The third-order valence-electron chi connectivity index (χ3n) is 5.90. The largest absolute Gasteiger partial charge is 0.493 e. The quantitative estimate of drug-likeness (QED) is 0.314. The normalized spacial score (nSPS) is 18.5. The molecule has 2 heterocycles. The van der Waals surface area contributed by atoms with E-state index in [0.717, 1.165) is 69.6 Å². The molecule has 2 fully saturated rings. The fourth-order valence-electron chi connectivity index (χ4n) is 4.09. The second-order valence-electron chi connectivity index (χ2n) is 8.21. The lowest BCUT2D eigenvalue weighted by Gasteiger charge is -2.37. The number of halogens is 1. The van der Waals surface area contributed by atoms with Crippen molar-refractivity contribution < 1.29 is 14.3 Å². The fourth-order valence-corrected chi connectivity index (χ4v) is 4.09. The van der Waals surface area contributed by atoms with Crippen LogP contribution < -0.4 is 14.8 Å². The van der Waals surface area contributed by atoms with E-state index in [4.69, 9.17) is 9.47 Å². The number of hydrogen-bond donors (Lipinski definition) is 1. The van der Waals surface area contributed by atoms with Crippen LogP contribution in [0.4, 0.5) is 0 Å². The molecule has 32 heavy (non-hydrogen) atoms. The Kier molecular flexibility index (Phi) is 11.4. The van der Waals surface area contributed by atoms with Crippen molar-refractivity contribution in [1.29, 1.82) is 0 Å². The topological polar surface area (TPSA) is 69.6 Å². The standard InChI is InChI=1S/C23H37N5O3.HI/c1-19(31-21-10-6-5-9-20(21)30-3)17-25-23(24-2)28-15-13-26(14-16-28)18-22(29)27-11-7-4-8-12-27;/h5-6,9-10,19H,4,7-8,11-18H2,1-3H3,(H,24,25);1H. The van der Waals surface area contributed by atoms with Gasteiger partial charge in [0.05, 0.1) is 20.2 Å². The van der Waals surface area contributed by atoms with Crippen molar-refractivity contribution in [1.82, 2.24) is 20.0 Å². The molecule has 1 amide bonds. The van der Waals surface area contributed by atoms with E-state index >= 15 is 0 Å². The summed E-state index contributed by atoms with van der Waals surface area (Å²) in [5.41, 5.74) is 0. The van der Waals surface area contributed by atoms with Gasteiger partial charge in [-0.25, -0.2) is 0 Å². The number of para-hydroxylation sites is 2. The Morgan fingerprint density at radius 2 is 1.69 bits per heavy atom. The number of rotatable bonds is 7. The number of carbonyl (C=O) groups excluding carboxylic acids is 1. The van der Waals surface area contributed by atoms with Crippen molar-refractivity contribution in [3.8, 4) is 11.5 Å². The Morgan fingerprint density at radius 1 is 1.03 bits per heavy atom. The van der Waals surface area contributed by atoms with E-state index < -0.39 is 0 Å². The van der Waals surface area contributed by atoms with Crippen LogP contribution in [0.5, 0.6) is 11.5 Å². The number of methoxy groups -OCH3 is 1. The van der Waals surface area contributed by atoms with Gasteiger partial charge in [-0.05, 0) is 38.3 Å². The number of piperidine rings is 1. The van der Waals surface area contributed by atoms with E-state index in [9.17, 15) is 4.79 Å². The number of nitrogens with zero attached hydrogens (tertiary/aromatic N) is 4. The molecule has 1 unspecified atom stereocenters. The summed E-state index contributed by atoms with van der Waals surface area (Å²) >= 11 is 0. The predicted octanol–water partition coefficient (Wildman–Crippen LogP) is 2.29. The zero-order valence-corrected chi connectivity index (χ0v) is 21.9. The highest BCUT2D eigenvalue weighted by molar-refractivity contribution is 14.0. The maximum Gasteiger partial charge on any atom is 0.236 e. The summed E-state index contributed by atoms with van der Waals surface area (Å²) in [5.74, 6) is 2.62. The molecule has 1 aromatic rings. The Morgan fingerprint density at radius 3 is 2.31 bits per heavy atom. The van der Waals surface area contributed by atoms with Crippen molar-refractivity contribution >= 4 is 35.8 Å². The molecule has 0 aromatic heterocycles. The van der Waals surface area contributed by atoms with Crippen LogP contribution in [0.2, 0.25) is 0 Å². The number of likely N-dealkylation sites (tertiary alicyclic amines) is 1. The molecule has 2 aliphatic rings. The monoisotopic (exact) mass is 559 g/mol. The summed E-state index contributed by atoms with van der Waals surface area (Å²) in [6.45, 7) is 8.48. The van der Waals surface area contributed by atoms with Crippen LogP contribution in [0.1, 0.15) is 26.2 Å². The number of ether oxygens (including phenoxy) is 2. The van der Waals surface area contributed by atoms with Crippen molar-refractivity contribution in [3.05, 3.63) is 24.3 Å². The van der Waals surface area contributed by atoms with Crippen molar-refractivity contribution in [3.63, 3.8) is 0 Å². The highest BCUT2D eigenvalue weighted by Gasteiger charge is 2.24. The van der Waals surface area contributed by atoms with Crippen LogP contribution in [-0.4, -0.2) is 99.2 Å². The molecule has 0 spiro atoms. The Bertz CT molecular complexity index is 734. The number of piperazine rings is 1. The summed E-state index contributed by atoms with van der Waals surface area (Å²) in [4.78, 5) is 23.5. The Labute approximate surface area is 209 Å². The molecule has 1 atom stereocenters. The van der Waals surface area contributed by atoms with Crippen LogP contribution in [0.25, 0.3) is 0 Å². The van der Waals surface area contributed by atoms with Gasteiger partial charge >= 0.3 is 0 Å². The number of hydrogen-bond acceptors (Lipinski definition) is 5. The average Bonchev–Trinajstić information content (AvgIpc) is 2.81. The fraction of sp³-hybridized carbons (Fsp3) is 0.652. The zero-order valence-electron chi connectivity index (χ0n) is 19.6. The van der Waals surface area contributed by atoms with E-state index in [1.165, 1.54) is 6.42 Å². The summed E-state index contributed by atoms with van der Waals surface area (Å²) < 4.78 is 11.4. The van der Waals surface area contributed by atoms with Gasteiger partial charge in [0, 0.05) is 46.3 Å². The van der Waals surface area contributed by atoms with Gasteiger partial charge in [-0.3, -0.25) is 14.7 Å². The van der Waals surface area contributed by atoms with Gasteiger partial charge in [0.15, 0.2) is 17.5 Å². The molecule has 1 N–H and O–H groups in total. The molecule has 180 valence electrons. The number of carbonyl (C=O) groups is 1. The van der Waals surface area contributed by atoms with Crippen LogP contribution >= 0.6 is 24.0 Å². The third kappa shape index (κ3) is 7.68. The lowest BCUT2D eigenvalue weighted by atomic mass is 10.1. The Balaban J connectivity index is 0.00000363. The number of benzene rings is 1.